The van der Waals surface area contributed by atoms with Gasteiger partial charge < -0.3 is 15.5 Å². The van der Waals surface area contributed by atoms with Crippen LogP contribution in [0, 0.1) is 0 Å². The van der Waals surface area contributed by atoms with Crippen molar-refractivity contribution in [3.8, 4) is 0 Å². The monoisotopic (exact) mass is 293 g/mol. The Balaban J connectivity index is 0.00000144. The van der Waals surface area contributed by atoms with Crippen molar-refractivity contribution < 1.29 is 4.79 Å². The van der Waals surface area contributed by atoms with Crippen molar-refractivity contribution in [1.29, 1.82) is 0 Å². The van der Waals surface area contributed by atoms with Gasteiger partial charge in [-0.3, -0.25) is 4.79 Å². The van der Waals surface area contributed by atoms with Crippen molar-refractivity contribution in [1.82, 2.24) is 14.9 Å². The summed E-state index contributed by atoms with van der Waals surface area (Å²) in [6, 6.07) is 1.79. The number of carbonyl (C=O) groups is 1. The minimum absolute atomic E-state index is 0. The molecule has 1 aliphatic heterocycles. The second-order valence-electron chi connectivity index (χ2n) is 3.62. The van der Waals surface area contributed by atoms with Crippen LogP contribution < -0.4 is 10.6 Å². The zero-order valence-electron chi connectivity index (χ0n) is 9.86. The fourth-order valence-corrected chi connectivity index (χ4v) is 1.74. The molecule has 0 aliphatic carbocycles. The number of anilines is 1. The predicted octanol–water partition coefficient (Wildman–Crippen LogP) is -0.0725. The van der Waals surface area contributed by atoms with Gasteiger partial charge in [0.1, 0.15) is 0 Å². The van der Waals surface area contributed by atoms with Crippen molar-refractivity contribution in [2.45, 2.75) is 0 Å². The van der Waals surface area contributed by atoms with Crippen LogP contribution in [0.3, 0.4) is 0 Å². The summed E-state index contributed by atoms with van der Waals surface area (Å²) in [7, 11) is 0. The van der Waals surface area contributed by atoms with Gasteiger partial charge >= 0.3 is 0 Å². The van der Waals surface area contributed by atoms with E-state index in [-0.39, 0.29) is 37.3 Å². The third kappa shape index (κ3) is 3.97. The molecule has 0 atom stereocenters. The molecular formula is C10H17Cl2N5O. The third-order valence-corrected chi connectivity index (χ3v) is 2.64. The summed E-state index contributed by atoms with van der Waals surface area (Å²) in [4.78, 5) is 23.6. The first kappa shape index (κ1) is 16.9. The molecular weight excluding hydrogens is 277 g/mol. The molecule has 0 radical (unpaired) electrons. The molecule has 0 spiro atoms. The van der Waals surface area contributed by atoms with Crippen molar-refractivity contribution >= 4 is 36.7 Å². The number of nitrogens with zero attached hydrogens (tertiary/aromatic N) is 4. The van der Waals surface area contributed by atoms with Crippen LogP contribution in [0.1, 0.15) is 0 Å². The summed E-state index contributed by atoms with van der Waals surface area (Å²) in [6.45, 7) is 2.98. The molecule has 2 N–H and O–H groups in total. The highest BCUT2D eigenvalue weighted by Crippen LogP contribution is 2.09. The number of aromatic nitrogens is 2. The first-order valence-electron chi connectivity index (χ1n) is 5.31. The molecule has 6 nitrogen and oxygen atoms in total. The number of nitrogens with two attached hydrogens (primary N) is 1. The lowest BCUT2D eigenvalue weighted by molar-refractivity contribution is -0.129. The Labute approximate surface area is 118 Å². The van der Waals surface area contributed by atoms with Crippen molar-refractivity contribution in [3.05, 3.63) is 18.5 Å². The third-order valence-electron chi connectivity index (χ3n) is 2.64. The van der Waals surface area contributed by atoms with Crippen LogP contribution in [0.4, 0.5) is 5.95 Å². The Morgan fingerprint density at radius 3 is 2.22 bits per heavy atom. The number of hydrogen-bond acceptors (Lipinski definition) is 5. The van der Waals surface area contributed by atoms with Gasteiger partial charge in [0.25, 0.3) is 0 Å². The number of hydrogen-bond donors (Lipinski definition) is 1. The van der Waals surface area contributed by atoms with Crippen LogP contribution >= 0.6 is 24.8 Å². The summed E-state index contributed by atoms with van der Waals surface area (Å²) in [5.74, 6) is 0.732. The first-order chi connectivity index (χ1) is 7.81. The first-order valence-corrected chi connectivity index (χ1v) is 5.31. The molecule has 18 heavy (non-hydrogen) atoms. The molecule has 1 saturated heterocycles. The second kappa shape index (κ2) is 8.07. The van der Waals surface area contributed by atoms with Gasteiger partial charge in [-0.2, -0.15) is 0 Å². The van der Waals surface area contributed by atoms with Crippen LogP contribution in [0.2, 0.25) is 0 Å². The zero-order valence-corrected chi connectivity index (χ0v) is 11.5. The Morgan fingerprint density at radius 2 is 1.72 bits per heavy atom. The number of rotatable bonds is 2. The van der Waals surface area contributed by atoms with Gasteiger partial charge in [0.15, 0.2) is 0 Å². The molecule has 2 rings (SSSR count). The van der Waals surface area contributed by atoms with Crippen LogP contribution in [-0.2, 0) is 4.79 Å². The maximum atomic E-state index is 11.4. The Kier molecular flexibility index (Phi) is 7.58. The smallest absolute Gasteiger partial charge is 0.236 e. The highest BCUT2D eigenvalue weighted by molar-refractivity contribution is 5.85. The normalized spacial score (nSPS) is 14.5. The lowest BCUT2D eigenvalue weighted by atomic mass is 10.3. The maximum Gasteiger partial charge on any atom is 0.236 e. The molecule has 1 aliphatic rings. The van der Waals surface area contributed by atoms with E-state index in [0.29, 0.717) is 13.1 Å². The standard InChI is InChI=1S/C10H15N5O.2ClH/c11-8-9(16)14-4-6-15(7-5-14)10-12-2-1-3-13-10;;/h1-3H,4-8,11H2;2*1H. The van der Waals surface area contributed by atoms with Crippen molar-refractivity contribution in [3.63, 3.8) is 0 Å². The van der Waals surface area contributed by atoms with E-state index in [9.17, 15) is 4.79 Å². The van der Waals surface area contributed by atoms with Gasteiger partial charge in [-0.1, -0.05) is 0 Å². The molecule has 2 heterocycles. The van der Waals surface area contributed by atoms with E-state index in [1.54, 1.807) is 23.4 Å². The molecule has 0 aromatic carbocycles. The van der Waals surface area contributed by atoms with Crippen LogP contribution in [-0.4, -0.2) is 53.5 Å². The molecule has 8 heteroatoms. The lowest BCUT2D eigenvalue weighted by Gasteiger charge is -2.34. The summed E-state index contributed by atoms with van der Waals surface area (Å²) < 4.78 is 0. The van der Waals surface area contributed by atoms with Gasteiger partial charge in [0, 0.05) is 38.6 Å². The maximum absolute atomic E-state index is 11.4. The highest BCUT2D eigenvalue weighted by Gasteiger charge is 2.21. The SMILES string of the molecule is Cl.Cl.NCC(=O)N1CCN(c2ncccn2)CC1. The number of halogens is 2. The number of piperazine rings is 1. The van der Waals surface area contributed by atoms with Gasteiger partial charge in [0.2, 0.25) is 11.9 Å². The van der Waals surface area contributed by atoms with Gasteiger partial charge in [-0.05, 0) is 6.07 Å². The van der Waals surface area contributed by atoms with E-state index in [1.807, 2.05) is 0 Å². The van der Waals surface area contributed by atoms with E-state index in [0.717, 1.165) is 19.0 Å². The van der Waals surface area contributed by atoms with Crippen molar-refractivity contribution in [2.24, 2.45) is 5.73 Å². The minimum atomic E-state index is 0. The molecule has 1 fully saturated rings. The average Bonchev–Trinajstić information content (AvgIpc) is 2.39. The average molecular weight is 294 g/mol. The van der Waals surface area contributed by atoms with E-state index in [2.05, 4.69) is 14.9 Å². The molecule has 1 aromatic rings. The molecule has 1 amide bonds. The van der Waals surface area contributed by atoms with Gasteiger partial charge in [0.05, 0.1) is 6.54 Å². The van der Waals surface area contributed by atoms with Crippen LogP contribution in [0.25, 0.3) is 0 Å². The van der Waals surface area contributed by atoms with Gasteiger partial charge in [-0.25, -0.2) is 9.97 Å². The largest absolute Gasteiger partial charge is 0.338 e. The topological polar surface area (TPSA) is 75.4 Å². The molecule has 0 saturated carbocycles. The molecule has 0 bridgehead atoms. The van der Waals surface area contributed by atoms with Gasteiger partial charge in [-0.15, -0.1) is 24.8 Å². The fourth-order valence-electron chi connectivity index (χ4n) is 1.74. The summed E-state index contributed by atoms with van der Waals surface area (Å²) in [5.41, 5.74) is 5.32. The quantitative estimate of drug-likeness (QED) is 0.826. The lowest BCUT2D eigenvalue weighted by Crippen LogP contribution is -2.50. The summed E-state index contributed by atoms with van der Waals surface area (Å²) in [5, 5.41) is 0. The summed E-state index contributed by atoms with van der Waals surface area (Å²) >= 11 is 0. The molecule has 102 valence electrons. The molecule has 0 unspecified atom stereocenters. The summed E-state index contributed by atoms with van der Waals surface area (Å²) in [6.07, 6.45) is 3.44. The zero-order chi connectivity index (χ0) is 11.4. The fraction of sp³-hybridized carbons (Fsp3) is 0.500. The Hall–Kier alpha value is -1.11. The van der Waals surface area contributed by atoms with E-state index in [1.165, 1.54) is 0 Å². The van der Waals surface area contributed by atoms with Crippen molar-refractivity contribution in [2.75, 3.05) is 37.6 Å². The number of amides is 1. The van der Waals surface area contributed by atoms with E-state index in [4.69, 9.17) is 5.73 Å². The van der Waals surface area contributed by atoms with E-state index < -0.39 is 0 Å². The Bertz CT molecular complexity index is 357. The minimum Gasteiger partial charge on any atom is -0.338 e. The van der Waals surface area contributed by atoms with Crippen LogP contribution in [0.5, 0.6) is 0 Å². The van der Waals surface area contributed by atoms with Crippen LogP contribution in [0.15, 0.2) is 18.5 Å². The van der Waals surface area contributed by atoms with E-state index >= 15 is 0 Å². The highest BCUT2D eigenvalue weighted by atomic mass is 35.5. The number of carbonyl (C=O) groups excluding carboxylic acids is 1. The Morgan fingerprint density at radius 1 is 1.17 bits per heavy atom. The molecule has 1 aromatic heterocycles. The second-order valence-corrected chi connectivity index (χ2v) is 3.62. The predicted molar refractivity (Wildman–Crippen MR) is 74.4 cm³/mol.